The Morgan fingerprint density at radius 2 is 2.07 bits per heavy atom. The van der Waals surface area contributed by atoms with E-state index in [9.17, 15) is 14.4 Å². The van der Waals surface area contributed by atoms with Crippen LogP contribution in [0.15, 0.2) is 28.8 Å². The van der Waals surface area contributed by atoms with E-state index >= 15 is 0 Å². The van der Waals surface area contributed by atoms with E-state index in [0.717, 1.165) is 25.7 Å². The third kappa shape index (κ3) is 4.50. The summed E-state index contributed by atoms with van der Waals surface area (Å²) in [6.07, 6.45) is 10.4. The molecular weight excluding hydrogens is 366 g/mol. The number of thiocarbonyl (C=S) groups is 1. The van der Waals surface area contributed by atoms with Gasteiger partial charge in [-0.25, -0.2) is 9.79 Å². The van der Waals surface area contributed by atoms with E-state index in [1.165, 1.54) is 24.5 Å². The van der Waals surface area contributed by atoms with E-state index in [1.54, 1.807) is 12.2 Å². The Labute approximate surface area is 163 Å². The van der Waals surface area contributed by atoms with Crippen molar-refractivity contribution >= 4 is 40.8 Å². The highest BCUT2D eigenvalue weighted by molar-refractivity contribution is 7.80. The first-order chi connectivity index (χ1) is 13.0. The molecule has 2 aliphatic carbocycles. The van der Waals surface area contributed by atoms with Crippen molar-refractivity contribution in [2.75, 3.05) is 13.7 Å². The van der Waals surface area contributed by atoms with Crippen molar-refractivity contribution in [1.29, 1.82) is 0 Å². The van der Waals surface area contributed by atoms with Crippen LogP contribution >= 0.6 is 12.2 Å². The smallest absolute Gasteiger partial charge is 0.337 e. The molecule has 1 saturated carbocycles. The molecule has 1 unspecified atom stereocenters. The maximum Gasteiger partial charge on any atom is 0.337 e. The zero-order valence-electron chi connectivity index (χ0n) is 15.3. The van der Waals surface area contributed by atoms with Crippen LogP contribution in [0.25, 0.3) is 0 Å². The topological polar surface area (TPSA) is 88.1 Å². The van der Waals surface area contributed by atoms with Crippen molar-refractivity contribution in [3.05, 3.63) is 23.8 Å². The van der Waals surface area contributed by atoms with Gasteiger partial charge in [0.05, 0.1) is 24.3 Å². The summed E-state index contributed by atoms with van der Waals surface area (Å²) in [6, 6.07) is 0.239. The molecule has 0 aromatic rings. The number of nitrogens with zero attached hydrogens (tertiary/aromatic N) is 2. The standard InChI is InChI=1S/C19H23N3O4S/c1-26-18(25)12-7-8-14-15(11-12)21-19(27)22(17(14)24)10-9-16(23)20-13-5-3-2-4-6-13/h7-8,11,13-14H,2-6,9-10H2,1H3,(H,20,23). The molecule has 0 saturated heterocycles. The lowest BCUT2D eigenvalue weighted by Crippen LogP contribution is -2.47. The fourth-order valence-corrected chi connectivity index (χ4v) is 3.84. The van der Waals surface area contributed by atoms with Crippen LogP contribution in [-0.4, -0.2) is 53.2 Å². The quantitative estimate of drug-likeness (QED) is 0.571. The van der Waals surface area contributed by atoms with Gasteiger partial charge in [0.2, 0.25) is 16.9 Å². The molecule has 1 atom stereocenters. The molecule has 8 heteroatoms. The molecule has 0 aromatic carbocycles. The summed E-state index contributed by atoms with van der Waals surface area (Å²) >= 11 is 5.23. The molecule has 144 valence electrons. The predicted octanol–water partition coefficient (Wildman–Crippen LogP) is 1.68. The lowest BCUT2D eigenvalue weighted by atomic mass is 9.92. The van der Waals surface area contributed by atoms with E-state index in [0.29, 0.717) is 11.3 Å². The number of methoxy groups -OCH3 is 1. The van der Waals surface area contributed by atoms with Gasteiger partial charge in [0, 0.05) is 19.0 Å². The molecular formula is C19H23N3O4S. The van der Waals surface area contributed by atoms with Gasteiger partial charge in [0.25, 0.3) is 0 Å². The second kappa shape index (κ2) is 8.56. The molecule has 1 aliphatic heterocycles. The van der Waals surface area contributed by atoms with Crippen molar-refractivity contribution in [2.24, 2.45) is 10.9 Å². The summed E-state index contributed by atoms with van der Waals surface area (Å²) in [4.78, 5) is 42.2. The van der Waals surface area contributed by atoms with Gasteiger partial charge in [-0.3, -0.25) is 14.5 Å². The Morgan fingerprint density at radius 3 is 2.78 bits per heavy atom. The second-order valence-electron chi connectivity index (χ2n) is 6.89. The van der Waals surface area contributed by atoms with Crippen LogP contribution in [0.4, 0.5) is 0 Å². The van der Waals surface area contributed by atoms with Crippen LogP contribution in [0.3, 0.4) is 0 Å². The van der Waals surface area contributed by atoms with Crippen LogP contribution < -0.4 is 5.32 Å². The number of allylic oxidation sites excluding steroid dienone is 1. The maximum absolute atomic E-state index is 12.7. The molecule has 7 nitrogen and oxygen atoms in total. The molecule has 0 spiro atoms. The zero-order valence-corrected chi connectivity index (χ0v) is 16.1. The largest absolute Gasteiger partial charge is 0.465 e. The van der Waals surface area contributed by atoms with E-state index in [-0.39, 0.29) is 35.9 Å². The minimum atomic E-state index is -0.591. The van der Waals surface area contributed by atoms with Gasteiger partial charge in [-0.05, 0) is 31.1 Å². The number of carbonyl (C=O) groups excluding carboxylic acids is 3. The van der Waals surface area contributed by atoms with Crippen LogP contribution in [0.1, 0.15) is 38.5 Å². The highest BCUT2D eigenvalue weighted by Crippen LogP contribution is 2.23. The Kier molecular flexibility index (Phi) is 6.15. The fourth-order valence-electron chi connectivity index (χ4n) is 3.55. The summed E-state index contributed by atoms with van der Waals surface area (Å²) in [5.41, 5.74) is 0.749. The number of hydrogen-bond donors (Lipinski definition) is 1. The van der Waals surface area contributed by atoms with E-state index in [2.05, 4.69) is 15.0 Å². The van der Waals surface area contributed by atoms with Crippen molar-refractivity contribution in [3.63, 3.8) is 0 Å². The van der Waals surface area contributed by atoms with Crippen LogP contribution in [-0.2, 0) is 19.1 Å². The lowest BCUT2D eigenvalue weighted by Gasteiger charge is -2.31. The summed E-state index contributed by atoms with van der Waals surface area (Å²) in [5, 5.41) is 3.16. The SMILES string of the molecule is COC(=O)C1=CC2=NC(=S)N(CCC(=O)NC3CCCCC3)C(=O)C2C=C1. The number of esters is 1. The molecule has 27 heavy (non-hydrogen) atoms. The molecule has 0 radical (unpaired) electrons. The van der Waals surface area contributed by atoms with E-state index in [1.807, 2.05) is 0 Å². The van der Waals surface area contributed by atoms with Crippen molar-refractivity contribution in [3.8, 4) is 0 Å². The van der Waals surface area contributed by atoms with Gasteiger partial charge in [-0.2, -0.15) is 0 Å². The minimum absolute atomic E-state index is 0.0701. The minimum Gasteiger partial charge on any atom is -0.465 e. The average Bonchev–Trinajstić information content (AvgIpc) is 2.67. The van der Waals surface area contributed by atoms with Crippen LogP contribution in [0.2, 0.25) is 0 Å². The number of carbonyl (C=O) groups is 3. The monoisotopic (exact) mass is 389 g/mol. The first-order valence-electron chi connectivity index (χ1n) is 9.21. The normalized spacial score (nSPS) is 22.7. The number of amides is 2. The van der Waals surface area contributed by atoms with E-state index in [4.69, 9.17) is 12.2 Å². The number of hydrogen-bond acceptors (Lipinski definition) is 5. The third-order valence-electron chi connectivity index (χ3n) is 5.03. The third-order valence-corrected chi connectivity index (χ3v) is 5.34. The Morgan fingerprint density at radius 1 is 1.33 bits per heavy atom. The second-order valence-corrected chi connectivity index (χ2v) is 7.25. The molecule has 0 bridgehead atoms. The zero-order chi connectivity index (χ0) is 19.4. The van der Waals surface area contributed by atoms with Crippen molar-refractivity contribution < 1.29 is 19.1 Å². The summed E-state index contributed by atoms with van der Waals surface area (Å²) in [6.45, 7) is 0.199. The number of nitrogens with one attached hydrogen (secondary N) is 1. The van der Waals surface area contributed by atoms with Crippen molar-refractivity contribution in [2.45, 2.75) is 44.6 Å². The number of fused-ring (bicyclic) bond motifs is 1. The van der Waals surface area contributed by atoms with Gasteiger partial charge in [-0.1, -0.05) is 31.4 Å². The summed E-state index contributed by atoms with van der Waals surface area (Å²) in [7, 11) is 1.29. The molecule has 3 aliphatic rings. The fraction of sp³-hybridized carbons (Fsp3) is 0.526. The number of aliphatic imine (C=N–C) groups is 1. The van der Waals surface area contributed by atoms with Gasteiger partial charge >= 0.3 is 5.97 Å². The average molecular weight is 389 g/mol. The molecule has 3 rings (SSSR count). The molecule has 0 aromatic heterocycles. The first kappa shape index (κ1) is 19.4. The van der Waals surface area contributed by atoms with Gasteiger partial charge < -0.3 is 10.1 Å². The molecule has 1 fully saturated rings. The molecule has 1 heterocycles. The van der Waals surface area contributed by atoms with Gasteiger partial charge in [-0.15, -0.1) is 0 Å². The van der Waals surface area contributed by atoms with Crippen molar-refractivity contribution in [1.82, 2.24) is 10.2 Å². The maximum atomic E-state index is 12.7. The summed E-state index contributed by atoms with van der Waals surface area (Å²) < 4.78 is 4.69. The number of rotatable bonds is 5. The highest BCUT2D eigenvalue weighted by atomic mass is 32.1. The Balaban J connectivity index is 1.61. The highest BCUT2D eigenvalue weighted by Gasteiger charge is 2.35. The van der Waals surface area contributed by atoms with E-state index < -0.39 is 11.9 Å². The van der Waals surface area contributed by atoms with Gasteiger partial charge in [0.1, 0.15) is 0 Å². The number of ether oxygens (including phenoxy) is 1. The van der Waals surface area contributed by atoms with Crippen LogP contribution in [0.5, 0.6) is 0 Å². The predicted molar refractivity (Wildman–Crippen MR) is 104 cm³/mol. The summed E-state index contributed by atoms with van der Waals surface area (Å²) in [5.74, 6) is -1.38. The van der Waals surface area contributed by atoms with Gasteiger partial charge in [0.15, 0.2) is 0 Å². The Hall–Kier alpha value is -2.35. The Bertz CT molecular complexity index is 750. The lowest BCUT2D eigenvalue weighted by molar-refractivity contribution is -0.136. The molecule has 2 amide bonds. The molecule has 1 N–H and O–H groups in total. The van der Waals surface area contributed by atoms with Crippen LogP contribution in [0, 0.1) is 5.92 Å². The first-order valence-corrected chi connectivity index (χ1v) is 9.62.